The normalized spacial score (nSPS) is 12.3. The molecule has 0 aliphatic heterocycles. The Hall–Kier alpha value is -1.46. The molecule has 0 radical (unpaired) electrons. The van der Waals surface area contributed by atoms with E-state index in [9.17, 15) is 9.18 Å². The first-order chi connectivity index (χ1) is 8.97. The second-order valence-electron chi connectivity index (χ2n) is 4.62. The molecule has 0 aromatic heterocycles. The number of hydrogen-bond donors (Lipinski definition) is 2. The smallest absolute Gasteiger partial charge is 0.222 e. The average molecular weight is 268 g/mol. The van der Waals surface area contributed by atoms with Gasteiger partial charge in [-0.1, -0.05) is 12.1 Å². The van der Waals surface area contributed by atoms with Crippen LogP contribution in [0.5, 0.6) is 0 Å². The second kappa shape index (κ2) is 7.21. The van der Waals surface area contributed by atoms with Crippen molar-refractivity contribution in [3.63, 3.8) is 0 Å². The number of hydrogen-bond acceptors (Lipinski definition) is 3. The molecule has 0 saturated heterocycles. The number of halogens is 1. The molecule has 19 heavy (non-hydrogen) atoms. The summed E-state index contributed by atoms with van der Waals surface area (Å²) in [6, 6.07) is 3.47. The maximum Gasteiger partial charge on any atom is 0.222 e. The van der Waals surface area contributed by atoms with Gasteiger partial charge in [-0.25, -0.2) is 4.39 Å². The van der Waals surface area contributed by atoms with Gasteiger partial charge in [0.2, 0.25) is 5.91 Å². The van der Waals surface area contributed by atoms with Crippen molar-refractivity contribution < 1.29 is 13.9 Å². The van der Waals surface area contributed by atoms with Crippen LogP contribution in [-0.4, -0.2) is 25.7 Å². The Labute approximate surface area is 113 Å². The summed E-state index contributed by atoms with van der Waals surface area (Å²) in [5.41, 5.74) is 7.50. The first kappa shape index (κ1) is 15.6. The lowest BCUT2D eigenvalue weighted by Gasteiger charge is -2.13. The third-order valence-electron chi connectivity index (χ3n) is 3.00. The number of carbonyl (C=O) groups excluding carboxylic acids is 1. The molecule has 1 unspecified atom stereocenters. The van der Waals surface area contributed by atoms with Crippen molar-refractivity contribution in [1.29, 1.82) is 0 Å². The van der Waals surface area contributed by atoms with Crippen molar-refractivity contribution in [3.05, 3.63) is 34.6 Å². The highest BCUT2D eigenvalue weighted by Gasteiger charge is 2.11. The first-order valence-corrected chi connectivity index (χ1v) is 6.23. The molecule has 5 heteroatoms. The van der Waals surface area contributed by atoms with Gasteiger partial charge in [-0.05, 0) is 30.5 Å². The van der Waals surface area contributed by atoms with Crippen LogP contribution in [-0.2, 0) is 16.1 Å². The van der Waals surface area contributed by atoms with Crippen LogP contribution in [0.4, 0.5) is 4.39 Å². The van der Waals surface area contributed by atoms with Crippen LogP contribution in [0, 0.1) is 19.7 Å². The van der Waals surface area contributed by atoms with Crippen molar-refractivity contribution in [1.82, 2.24) is 5.32 Å². The average Bonchev–Trinajstić information content (AvgIpc) is 2.39. The van der Waals surface area contributed by atoms with Gasteiger partial charge < -0.3 is 15.8 Å². The Bertz CT molecular complexity index is 422. The highest BCUT2D eigenvalue weighted by atomic mass is 19.1. The summed E-state index contributed by atoms with van der Waals surface area (Å²) < 4.78 is 18.5. The van der Waals surface area contributed by atoms with Crippen LogP contribution < -0.4 is 11.1 Å². The van der Waals surface area contributed by atoms with E-state index in [1.54, 1.807) is 26.0 Å². The first-order valence-electron chi connectivity index (χ1n) is 6.23. The molecule has 1 aromatic rings. The van der Waals surface area contributed by atoms with Crippen LogP contribution in [0.15, 0.2) is 12.1 Å². The highest BCUT2D eigenvalue weighted by Crippen LogP contribution is 2.14. The van der Waals surface area contributed by atoms with Gasteiger partial charge in [0.25, 0.3) is 0 Å². The lowest BCUT2D eigenvalue weighted by Crippen LogP contribution is -2.31. The van der Waals surface area contributed by atoms with Gasteiger partial charge in [0, 0.05) is 20.2 Å². The monoisotopic (exact) mass is 268 g/mol. The molecule has 1 amide bonds. The van der Waals surface area contributed by atoms with Gasteiger partial charge >= 0.3 is 0 Å². The highest BCUT2D eigenvalue weighted by molar-refractivity contribution is 5.76. The molecule has 0 fully saturated rings. The van der Waals surface area contributed by atoms with E-state index in [4.69, 9.17) is 10.5 Å². The fraction of sp³-hybridized carbons (Fsp3) is 0.500. The number of benzene rings is 1. The Balaban J connectivity index is 2.55. The molecule has 0 heterocycles. The number of nitrogens with two attached hydrogens (primary N) is 1. The SMILES string of the molecule is COC(CN)CC(=O)NCc1cc(C)c(F)c(C)c1. The summed E-state index contributed by atoms with van der Waals surface area (Å²) >= 11 is 0. The number of carbonyl (C=O) groups is 1. The van der Waals surface area contributed by atoms with Crippen molar-refractivity contribution in [2.24, 2.45) is 5.73 Å². The van der Waals surface area contributed by atoms with Gasteiger partial charge in [0.15, 0.2) is 0 Å². The standard InChI is InChI=1S/C14H21FN2O2/c1-9-4-11(5-10(2)14(9)15)8-17-13(18)6-12(7-16)19-3/h4-5,12H,6-8,16H2,1-3H3,(H,17,18). The molecule has 106 valence electrons. The molecule has 0 bridgehead atoms. The zero-order valence-corrected chi connectivity index (χ0v) is 11.6. The summed E-state index contributed by atoms with van der Waals surface area (Å²) in [4.78, 5) is 11.7. The van der Waals surface area contributed by atoms with E-state index in [1.165, 1.54) is 7.11 Å². The molecule has 3 N–H and O–H groups in total. The lowest BCUT2D eigenvalue weighted by atomic mass is 10.1. The van der Waals surface area contributed by atoms with E-state index in [0.29, 0.717) is 24.2 Å². The van der Waals surface area contributed by atoms with Crippen molar-refractivity contribution in [2.75, 3.05) is 13.7 Å². The zero-order chi connectivity index (χ0) is 14.4. The third-order valence-corrected chi connectivity index (χ3v) is 3.00. The van der Waals surface area contributed by atoms with Gasteiger partial charge in [-0.2, -0.15) is 0 Å². The number of methoxy groups -OCH3 is 1. The fourth-order valence-corrected chi connectivity index (χ4v) is 1.88. The Morgan fingerprint density at radius 3 is 2.47 bits per heavy atom. The topological polar surface area (TPSA) is 64.3 Å². The summed E-state index contributed by atoms with van der Waals surface area (Å²) in [5, 5.41) is 2.78. The van der Waals surface area contributed by atoms with Crippen molar-refractivity contribution in [2.45, 2.75) is 32.9 Å². The van der Waals surface area contributed by atoms with Gasteiger partial charge in [-0.15, -0.1) is 0 Å². The van der Waals surface area contributed by atoms with E-state index in [2.05, 4.69) is 5.32 Å². The number of amides is 1. The van der Waals surface area contributed by atoms with Gasteiger partial charge in [0.05, 0.1) is 12.5 Å². The van der Waals surface area contributed by atoms with E-state index in [-0.39, 0.29) is 24.2 Å². The quantitative estimate of drug-likeness (QED) is 0.820. The van der Waals surface area contributed by atoms with Crippen molar-refractivity contribution >= 4 is 5.91 Å². The Morgan fingerprint density at radius 2 is 2.00 bits per heavy atom. The van der Waals surface area contributed by atoms with Crippen molar-refractivity contribution in [3.8, 4) is 0 Å². The van der Waals surface area contributed by atoms with E-state index < -0.39 is 0 Å². The minimum Gasteiger partial charge on any atom is -0.380 e. The van der Waals surface area contributed by atoms with Crippen LogP contribution in [0.2, 0.25) is 0 Å². The van der Waals surface area contributed by atoms with E-state index in [1.807, 2.05) is 0 Å². The Kier molecular flexibility index (Phi) is 5.92. The summed E-state index contributed by atoms with van der Waals surface area (Å²) in [5.74, 6) is -0.324. The van der Waals surface area contributed by atoms with Gasteiger partial charge in [0.1, 0.15) is 5.82 Å². The molecule has 1 aromatic carbocycles. The predicted octanol–water partition coefficient (Wildman–Crippen LogP) is 1.42. The lowest BCUT2D eigenvalue weighted by molar-refractivity contribution is -0.123. The van der Waals surface area contributed by atoms with Crippen LogP contribution in [0.1, 0.15) is 23.1 Å². The van der Waals surface area contributed by atoms with Crippen LogP contribution in [0.3, 0.4) is 0 Å². The largest absolute Gasteiger partial charge is 0.380 e. The summed E-state index contributed by atoms with van der Waals surface area (Å²) in [6.45, 7) is 4.10. The molecule has 1 atom stereocenters. The maximum atomic E-state index is 13.5. The molecule has 1 rings (SSSR count). The van der Waals surface area contributed by atoms with Crippen LogP contribution in [0.25, 0.3) is 0 Å². The minimum absolute atomic E-state index is 0.128. The molecule has 4 nitrogen and oxygen atoms in total. The molecule has 0 aliphatic carbocycles. The number of aryl methyl sites for hydroxylation is 2. The number of rotatable bonds is 6. The summed E-state index contributed by atoms with van der Waals surface area (Å²) in [7, 11) is 1.53. The van der Waals surface area contributed by atoms with E-state index in [0.717, 1.165) is 5.56 Å². The minimum atomic E-state index is -0.267. The zero-order valence-electron chi connectivity index (χ0n) is 11.6. The molecule has 0 aliphatic rings. The van der Waals surface area contributed by atoms with E-state index >= 15 is 0 Å². The number of nitrogens with one attached hydrogen (secondary N) is 1. The fourth-order valence-electron chi connectivity index (χ4n) is 1.88. The van der Waals surface area contributed by atoms with Gasteiger partial charge in [-0.3, -0.25) is 4.79 Å². The predicted molar refractivity (Wildman–Crippen MR) is 72.2 cm³/mol. The molecular formula is C14H21FN2O2. The van der Waals surface area contributed by atoms with Crippen LogP contribution >= 0.6 is 0 Å². The number of ether oxygens (including phenoxy) is 1. The summed E-state index contributed by atoms with van der Waals surface area (Å²) in [6.07, 6.45) is -0.0386. The maximum absolute atomic E-state index is 13.5. The second-order valence-corrected chi connectivity index (χ2v) is 4.62. The molecular weight excluding hydrogens is 247 g/mol. The third kappa shape index (κ3) is 4.61. The molecule has 0 spiro atoms. The molecule has 0 saturated carbocycles. The Morgan fingerprint density at radius 1 is 1.42 bits per heavy atom.